The first-order valence-corrected chi connectivity index (χ1v) is 11.8. The van der Waals surface area contributed by atoms with E-state index in [2.05, 4.69) is 10.6 Å². The third kappa shape index (κ3) is 6.23. The fourth-order valence-corrected chi connectivity index (χ4v) is 4.76. The van der Waals surface area contributed by atoms with E-state index in [4.69, 9.17) is 14.6 Å². The fourth-order valence-electron chi connectivity index (χ4n) is 4.76. The number of aliphatic carboxylic acids is 1. The Morgan fingerprint density at radius 1 is 1.16 bits per heavy atom. The van der Waals surface area contributed by atoms with Crippen molar-refractivity contribution in [1.82, 2.24) is 20.4 Å². The Balaban J connectivity index is 0.000000638. The van der Waals surface area contributed by atoms with Crippen molar-refractivity contribution in [3.05, 3.63) is 35.9 Å². The second kappa shape index (κ2) is 12.2. The molecule has 1 aromatic rings. The molecular formula is C24H31F3N4O7. The summed E-state index contributed by atoms with van der Waals surface area (Å²) in [6, 6.07) is 8.40. The third-order valence-corrected chi connectivity index (χ3v) is 6.53. The highest BCUT2D eigenvalue weighted by Crippen LogP contribution is 2.45. The smallest absolute Gasteiger partial charge is 0.475 e. The number of carbonyl (C=O) groups is 5. The molecule has 0 aliphatic carbocycles. The number of ether oxygens (including phenoxy) is 1. The fraction of sp³-hybridized carbons (Fsp3) is 0.542. The summed E-state index contributed by atoms with van der Waals surface area (Å²) in [5.74, 6) is -5.69. The van der Waals surface area contributed by atoms with Crippen molar-refractivity contribution >= 4 is 29.8 Å². The summed E-state index contributed by atoms with van der Waals surface area (Å²) < 4.78 is 36.8. The number of amides is 4. The van der Waals surface area contributed by atoms with E-state index in [1.165, 1.54) is 16.9 Å². The van der Waals surface area contributed by atoms with Crippen LogP contribution in [0.15, 0.2) is 30.3 Å². The summed E-state index contributed by atoms with van der Waals surface area (Å²) in [5, 5.41) is 13.1. The number of nitrogens with one attached hydrogen (secondary N) is 2. The lowest BCUT2D eigenvalue weighted by atomic mass is 9.78. The normalized spacial score (nSPS) is 24.3. The topological polar surface area (TPSA) is 145 Å². The maximum Gasteiger partial charge on any atom is 0.490 e. The number of likely N-dealkylation sites (tertiary alicyclic amines) is 1. The SMILES string of the molecule is CCNC(=O)N(C)C[C@H]1N[C@@](CC)(C(=O)OC)[C@H]2C(=O)N(Cc3ccccc3)C(=O)[C@@H]12.O=C(O)C(F)(F)F. The molecule has 0 spiro atoms. The van der Waals surface area contributed by atoms with Gasteiger partial charge >= 0.3 is 24.1 Å². The Hall–Kier alpha value is -3.68. The number of hydrogen-bond donors (Lipinski definition) is 3. The monoisotopic (exact) mass is 544 g/mol. The van der Waals surface area contributed by atoms with Gasteiger partial charge in [0, 0.05) is 26.2 Å². The Labute approximate surface area is 217 Å². The first kappa shape index (κ1) is 30.5. The number of fused-ring (bicyclic) bond motifs is 1. The number of carboxylic acid groups (broad SMARTS) is 1. The average Bonchev–Trinajstić information content (AvgIpc) is 3.33. The lowest BCUT2D eigenvalue weighted by Crippen LogP contribution is -2.58. The molecule has 1 aromatic carbocycles. The molecule has 2 aliphatic rings. The molecule has 3 N–H and O–H groups in total. The van der Waals surface area contributed by atoms with Gasteiger partial charge in [-0.3, -0.25) is 24.6 Å². The number of carbonyl (C=O) groups excluding carboxylic acids is 4. The second-order valence-electron chi connectivity index (χ2n) is 8.84. The number of rotatable bonds is 7. The Morgan fingerprint density at radius 3 is 2.21 bits per heavy atom. The Morgan fingerprint density at radius 2 is 1.74 bits per heavy atom. The lowest BCUT2D eigenvalue weighted by molar-refractivity contribution is -0.192. The first-order valence-electron chi connectivity index (χ1n) is 11.8. The van der Waals surface area contributed by atoms with Gasteiger partial charge in [-0.2, -0.15) is 13.2 Å². The number of halogens is 3. The van der Waals surface area contributed by atoms with Crippen LogP contribution >= 0.6 is 0 Å². The predicted octanol–water partition coefficient (Wildman–Crippen LogP) is 1.38. The van der Waals surface area contributed by atoms with Crippen molar-refractivity contribution in [3.63, 3.8) is 0 Å². The van der Waals surface area contributed by atoms with Crippen LogP contribution in [0.5, 0.6) is 0 Å². The highest BCUT2D eigenvalue weighted by molar-refractivity contribution is 6.09. The number of urea groups is 1. The molecule has 4 atom stereocenters. The summed E-state index contributed by atoms with van der Waals surface area (Å²) in [6.07, 6.45) is -4.81. The van der Waals surface area contributed by atoms with Crippen LogP contribution < -0.4 is 10.6 Å². The molecule has 11 nitrogen and oxygen atoms in total. The van der Waals surface area contributed by atoms with Crippen LogP contribution in [0.4, 0.5) is 18.0 Å². The van der Waals surface area contributed by atoms with Gasteiger partial charge in [0.1, 0.15) is 5.54 Å². The predicted molar refractivity (Wildman–Crippen MR) is 126 cm³/mol. The minimum Gasteiger partial charge on any atom is -0.475 e. The molecule has 2 saturated heterocycles. The zero-order valence-electron chi connectivity index (χ0n) is 21.4. The van der Waals surface area contributed by atoms with Gasteiger partial charge in [0.25, 0.3) is 0 Å². The van der Waals surface area contributed by atoms with Gasteiger partial charge in [0.05, 0.1) is 25.5 Å². The van der Waals surface area contributed by atoms with Gasteiger partial charge < -0.3 is 20.1 Å². The van der Waals surface area contributed by atoms with Gasteiger partial charge in [0.2, 0.25) is 11.8 Å². The third-order valence-electron chi connectivity index (χ3n) is 6.53. The molecule has 0 unspecified atom stereocenters. The molecule has 0 bridgehead atoms. The van der Waals surface area contributed by atoms with E-state index in [9.17, 15) is 32.3 Å². The van der Waals surface area contributed by atoms with Crippen LogP contribution in [0.2, 0.25) is 0 Å². The van der Waals surface area contributed by atoms with Gasteiger partial charge in [-0.15, -0.1) is 0 Å². The second-order valence-corrected chi connectivity index (χ2v) is 8.84. The van der Waals surface area contributed by atoms with Crippen LogP contribution in [0, 0.1) is 11.8 Å². The number of alkyl halides is 3. The number of hydrogen-bond acceptors (Lipinski definition) is 7. The van der Waals surface area contributed by atoms with E-state index >= 15 is 0 Å². The van der Waals surface area contributed by atoms with Crippen LogP contribution in [0.3, 0.4) is 0 Å². The molecule has 2 heterocycles. The van der Waals surface area contributed by atoms with E-state index in [1.54, 1.807) is 14.0 Å². The van der Waals surface area contributed by atoms with E-state index in [0.29, 0.717) is 6.54 Å². The highest BCUT2D eigenvalue weighted by Gasteiger charge is 2.67. The number of benzene rings is 1. The quantitative estimate of drug-likeness (QED) is 0.345. The molecule has 3 rings (SSSR count). The number of nitrogens with zero attached hydrogens (tertiary/aromatic N) is 2. The van der Waals surface area contributed by atoms with Crippen molar-refractivity contribution in [3.8, 4) is 0 Å². The zero-order valence-corrected chi connectivity index (χ0v) is 21.4. The van der Waals surface area contributed by atoms with Crippen molar-refractivity contribution in [2.75, 3.05) is 27.2 Å². The van der Waals surface area contributed by atoms with Crippen molar-refractivity contribution in [2.45, 2.75) is 44.6 Å². The summed E-state index contributed by atoms with van der Waals surface area (Å²) in [7, 11) is 2.89. The highest BCUT2D eigenvalue weighted by atomic mass is 19.4. The zero-order chi connectivity index (χ0) is 28.8. The van der Waals surface area contributed by atoms with E-state index in [1.807, 2.05) is 37.3 Å². The number of imide groups is 1. The van der Waals surface area contributed by atoms with Gasteiger partial charge in [-0.25, -0.2) is 9.59 Å². The number of esters is 1. The summed E-state index contributed by atoms with van der Waals surface area (Å²) >= 11 is 0. The van der Waals surface area contributed by atoms with Crippen LogP contribution in [-0.4, -0.2) is 89.7 Å². The minimum atomic E-state index is -5.08. The molecule has 210 valence electrons. The Kier molecular flexibility index (Phi) is 9.84. The summed E-state index contributed by atoms with van der Waals surface area (Å²) in [6.45, 7) is 4.38. The molecule has 14 heteroatoms. The van der Waals surface area contributed by atoms with Crippen molar-refractivity contribution < 1.29 is 47.0 Å². The maximum atomic E-state index is 13.4. The van der Waals surface area contributed by atoms with Gasteiger partial charge in [-0.1, -0.05) is 37.3 Å². The van der Waals surface area contributed by atoms with E-state index < -0.39 is 41.5 Å². The minimum absolute atomic E-state index is 0.144. The largest absolute Gasteiger partial charge is 0.490 e. The van der Waals surface area contributed by atoms with Gasteiger partial charge in [0.15, 0.2) is 0 Å². The molecule has 0 aromatic heterocycles. The molecular weight excluding hydrogens is 513 g/mol. The van der Waals surface area contributed by atoms with Crippen LogP contribution in [-0.2, 0) is 30.5 Å². The number of methoxy groups -OCH3 is 1. The number of likely N-dealkylation sites (N-methyl/N-ethyl adjacent to an activating group) is 1. The molecule has 0 radical (unpaired) electrons. The molecule has 0 saturated carbocycles. The summed E-state index contributed by atoms with van der Waals surface area (Å²) in [5.41, 5.74) is -0.488. The first-order chi connectivity index (χ1) is 17.7. The lowest BCUT2D eigenvalue weighted by Gasteiger charge is -2.32. The molecule has 2 aliphatic heterocycles. The standard InChI is InChI=1S/C22H30N4O5.C2HF3O2/c1-5-22(20(29)31-4)17-16(15(24-22)13-25(3)21(30)23-6-2)18(27)26(19(17)28)12-14-10-8-7-9-11-14;3-2(4,5)1(6)7/h7-11,15-17,24H,5-6,12-13H2,1-4H3,(H,23,30);(H,6,7)/t15-,16+,17-,22-;/m1./s1. The van der Waals surface area contributed by atoms with E-state index in [0.717, 1.165) is 5.56 Å². The van der Waals surface area contributed by atoms with Gasteiger partial charge in [-0.05, 0) is 18.9 Å². The van der Waals surface area contributed by atoms with Crippen molar-refractivity contribution in [2.24, 2.45) is 11.8 Å². The average molecular weight is 545 g/mol. The van der Waals surface area contributed by atoms with Crippen molar-refractivity contribution in [1.29, 1.82) is 0 Å². The molecule has 38 heavy (non-hydrogen) atoms. The molecule has 2 fully saturated rings. The maximum absolute atomic E-state index is 13.4. The van der Waals surface area contributed by atoms with Crippen LogP contribution in [0.1, 0.15) is 25.8 Å². The Bertz CT molecular complexity index is 1050. The number of carboxylic acids is 1. The van der Waals surface area contributed by atoms with E-state index in [-0.39, 0.29) is 37.4 Å². The summed E-state index contributed by atoms with van der Waals surface area (Å²) in [4.78, 5) is 63.5. The van der Waals surface area contributed by atoms with Crippen LogP contribution in [0.25, 0.3) is 0 Å². The molecule has 4 amide bonds.